The molecule has 1 aromatic carbocycles. The molecule has 0 atom stereocenters. The van der Waals surface area contributed by atoms with Crippen molar-refractivity contribution < 1.29 is 17.6 Å². The number of benzene rings is 1. The SMILES string of the molecule is Cc1nnc(Cl)c(-c2c(F)cc(F)cc2F)c1-c1ccco1. The maximum Gasteiger partial charge on any atom is 0.160 e. The van der Waals surface area contributed by atoms with E-state index in [0.29, 0.717) is 29.2 Å². The van der Waals surface area contributed by atoms with E-state index >= 15 is 0 Å². The summed E-state index contributed by atoms with van der Waals surface area (Å²) >= 11 is 5.99. The van der Waals surface area contributed by atoms with Crippen molar-refractivity contribution in [1.29, 1.82) is 0 Å². The van der Waals surface area contributed by atoms with Crippen LogP contribution in [0.25, 0.3) is 22.5 Å². The van der Waals surface area contributed by atoms with Gasteiger partial charge in [-0.25, -0.2) is 13.2 Å². The molecule has 0 saturated carbocycles. The van der Waals surface area contributed by atoms with Crippen LogP contribution in [0.4, 0.5) is 13.2 Å². The first-order valence-electron chi connectivity index (χ1n) is 6.20. The van der Waals surface area contributed by atoms with Crippen molar-refractivity contribution in [3.05, 3.63) is 58.8 Å². The molecule has 22 heavy (non-hydrogen) atoms. The smallest absolute Gasteiger partial charge is 0.160 e. The summed E-state index contributed by atoms with van der Waals surface area (Å²) in [5.41, 5.74) is 0.168. The molecular weight excluding hydrogens is 317 g/mol. The molecule has 2 aromatic heterocycles. The fourth-order valence-electron chi connectivity index (χ4n) is 2.23. The van der Waals surface area contributed by atoms with E-state index in [0.717, 1.165) is 0 Å². The Labute approximate surface area is 128 Å². The topological polar surface area (TPSA) is 38.9 Å². The van der Waals surface area contributed by atoms with Crippen LogP contribution in [-0.2, 0) is 0 Å². The number of hydrogen-bond acceptors (Lipinski definition) is 3. The number of rotatable bonds is 2. The third-order valence-corrected chi connectivity index (χ3v) is 3.39. The van der Waals surface area contributed by atoms with Gasteiger partial charge in [-0.3, -0.25) is 0 Å². The Hall–Kier alpha value is -2.34. The van der Waals surface area contributed by atoms with Gasteiger partial charge in [0.25, 0.3) is 0 Å². The van der Waals surface area contributed by atoms with E-state index in [4.69, 9.17) is 16.0 Å². The average molecular weight is 325 g/mol. The summed E-state index contributed by atoms with van der Waals surface area (Å²) in [5, 5.41) is 7.31. The highest BCUT2D eigenvalue weighted by Crippen LogP contribution is 2.40. The molecule has 7 heteroatoms. The van der Waals surface area contributed by atoms with Crippen LogP contribution in [0, 0.1) is 24.4 Å². The van der Waals surface area contributed by atoms with Crippen molar-refractivity contribution >= 4 is 11.6 Å². The molecule has 3 nitrogen and oxygen atoms in total. The molecule has 0 aliphatic carbocycles. The van der Waals surface area contributed by atoms with Crippen LogP contribution >= 0.6 is 11.6 Å². The molecule has 3 rings (SSSR count). The van der Waals surface area contributed by atoms with Crippen molar-refractivity contribution in [3.8, 4) is 22.5 Å². The number of aryl methyl sites for hydroxylation is 1. The van der Waals surface area contributed by atoms with E-state index in [2.05, 4.69) is 10.2 Å². The number of furan rings is 1. The number of halogens is 4. The van der Waals surface area contributed by atoms with Gasteiger partial charge >= 0.3 is 0 Å². The van der Waals surface area contributed by atoms with Gasteiger partial charge in [-0.15, -0.1) is 5.10 Å². The zero-order chi connectivity index (χ0) is 15.9. The molecule has 0 N–H and O–H groups in total. The van der Waals surface area contributed by atoms with Crippen LogP contribution in [-0.4, -0.2) is 10.2 Å². The summed E-state index contributed by atoms with van der Waals surface area (Å²) in [6.07, 6.45) is 1.41. The van der Waals surface area contributed by atoms with Crippen LogP contribution < -0.4 is 0 Å². The van der Waals surface area contributed by atoms with Crippen LogP contribution in [0.1, 0.15) is 5.69 Å². The lowest BCUT2D eigenvalue weighted by molar-refractivity contribution is 0.547. The fraction of sp³-hybridized carbons (Fsp3) is 0.0667. The van der Waals surface area contributed by atoms with E-state index in [1.165, 1.54) is 6.26 Å². The van der Waals surface area contributed by atoms with Crippen molar-refractivity contribution in [2.45, 2.75) is 6.92 Å². The summed E-state index contributed by atoms with van der Waals surface area (Å²) in [7, 11) is 0. The van der Waals surface area contributed by atoms with Crippen molar-refractivity contribution in [1.82, 2.24) is 10.2 Å². The molecule has 0 unspecified atom stereocenters. The molecule has 0 amide bonds. The standard InChI is InChI=1S/C15H8ClF3N2O/c1-7-12(11-3-2-4-22-11)14(15(16)21-20-7)13-9(18)5-8(17)6-10(13)19/h2-6H,1H3. The second-order valence-electron chi connectivity index (χ2n) is 4.55. The van der Waals surface area contributed by atoms with Gasteiger partial charge in [0.15, 0.2) is 5.15 Å². The quantitative estimate of drug-likeness (QED) is 0.680. The molecular formula is C15H8ClF3N2O. The Kier molecular flexibility index (Phi) is 3.62. The lowest BCUT2D eigenvalue weighted by atomic mass is 9.98. The van der Waals surface area contributed by atoms with Gasteiger partial charge in [-0.1, -0.05) is 11.6 Å². The second kappa shape index (κ2) is 5.46. The largest absolute Gasteiger partial charge is 0.464 e. The van der Waals surface area contributed by atoms with Gasteiger partial charge in [0, 0.05) is 17.7 Å². The fourth-order valence-corrected chi connectivity index (χ4v) is 2.46. The van der Waals surface area contributed by atoms with Gasteiger partial charge in [0.05, 0.1) is 23.1 Å². The highest BCUT2D eigenvalue weighted by Gasteiger charge is 2.24. The third kappa shape index (κ3) is 2.35. The van der Waals surface area contributed by atoms with E-state index < -0.39 is 23.0 Å². The van der Waals surface area contributed by atoms with Gasteiger partial charge in [0.1, 0.15) is 23.2 Å². The molecule has 2 heterocycles. The van der Waals surface area contributed by atoms with Crippen LogP contribution in [0.3, 0.4) is 0 Å². The Morgan fingerprint density at radius 3 is 2.27 bits per heavy atom. The zero-order valence-electron chi connectivity index (χ0n) is 11.2. The zero-order valence-corrected chi connectivity index (χ0v) is 12.0. The summed E-state index contributed by atoms with van der Waals surface area (Å²) in [4.78, 5) is 0. The normalized spacial score (nSPS) is 11.0. The number of aromatic nitrogens is 2. The highest BCUT2D eigenvalue weighted by molar-refractivity contribution is 6.32. The molecule has 0 aliphatic heterocycles. The van der Waals surface area contributed by atoms with Crippen LogP contribution in [0.2, 0.25) is 5.15 Å². The molecule has 0 bridgehead atoms. The van der Waals surface area contributed by atoms with Gasteiger partial charge in [-0.05, 0) is 19.1 Å². The summed E-state index contributed by atoms with van der Waals surface area (Å²) in [6.45, 7) is 1.60. The highest BCUT2D eigenvalue weighted by atomic mass is 35.5. The van der Waals surface area contributed by atoms with E-state index in [1.807, 2.05) is 0 Å². The summed E-state index contributed by atoms with van der Waals surface area (Å²) in [5.74, 6) is -2.86. The van der Waals surface area contributed by atoms with Gasteiger partial charge < -0.3 is 4.42 Å². The lowest BCUT2D eigenvalue weighted by Gasteiger charge is -2.13. The summed E-state index contributed by atoms with van der Waals surface area (Å²) < 4.78 is 46.6. The lowest BCUT2D eigenvalue weighted by Crippen LogP contribution is -2.01. The second-order valence-corrected chi connectivity index (χ2v) is 4.91. The number of hydrogen-bond donors (Lipinski definition) is 0. The Morgan fingerprint density at radius 1 is 1.00 bits per heavy atom. The Balaban J connectivity index is 2.40. The maximum absolute atomic E-state index is 14.1. The first-order valence-corrected chi connectivity index (χ1v) is 6.58. The summed E-state index contributed by atoms with van der Waals surface area (Å²) in [6, 6.07) is 4.38. The minimum Gasteiger partial charge on any atom is -0.464 e. The van der Waals surface area contributed by atoms with Crippen molar-refractivity contribution in [3.63, 3.8) is 0 Å². The average Bonchev–Trinajstić information content (AvgIpc) is 2.95. The monoisotopic (exact) mass is 324 g/mol. The molecule has 0 radical (unpaired) electrons. The minimum absolute atomic E-state index is 0.0286. The third-order valence-electron chi connectivity index (χ3n) is 3.13. The van der Waals surface area contributed by atoms with Crippen molar-refractivity contribution in [2.24, 2.45) is 0 Å². The van der Waals surface area contributed by atoms with Gasteiger partial charge in [0.2, 0.25) is 0 Å². The molecule has 112 valence electrons. The molecule has 3 aromatic rings. The van der Waals surface area contributed by atoms with Crippen LogP contribution in [0.5, 0.6) is 0 Å². The Morgan fingerprint density at radius 2 is 1.68 bits per heavy atom. The van der Waals surface area contributed by atoms with Gasteiger partial charge in [-0.2, -0.15) is 5.10 Å². The first kappa shape index (κ1) is 14.6. The number of nitrogens with zero attached hydrogens (tertiary/aromatic N) is 2. The van der Waals surface area contributed by atoms with Crippen molar-refractivity contribution in [2.75, 3.05) is 0 Å². The van der Waals surface area contributed by atoms with E-state index in [-0.39, 0.29) is 10.7 Å². The van der Waals surface area contributed by atoms with E-state index in [1.54, 1.807) is 19.1 Å². The van der Waals surface area contributed by atoms with E-state index in [9.17, 15) is 13.2 Å². The maximum atomic E-state index is 14.1. The predicted octanol–water partition coefficient (Wildman–Crippen LogP) is 4.78. The first-order chi connectivity index (χ1) is 10.5. The molecule has 0 spiro atoms. The molecule has 0 saturated heterocycles. The predicted molar refractivity (Wildman–Crippen MR) is 74.8 cm³/mol. The Bertz CT molecular complexity index is 827. The molecule has 0 fully saturated rings. The van der Waals surface area contributed by atoms with Crippen LogP contribution in [0.15, 0.2) is 34.9 Å². The molecule has 0 aliphatic rings. The minimum atomic E-state index is -1.08.